The zero-order chi connectivity index (χ0) is 42.5. The lowest BCUT2D eigenvalue weighted by Gasteiger charge is -2.29. The molecule has 2 aliphatic heterocycles. The Hall–Kier alpha value is -7.00. The topological polar surface area (TPSA) is 149 Å². The van der Waals surface area contributed by atoms with Gasteiger partial charge in [0.1, 0.15) is 23.3 Å². The fourth-order valence-corrected chi connectivity index (χ4v) is 8.07. The number of nitrogens with zero attached hydrogens (tertiary/aromatic N) is 5. The van der Waals surface area contributed by atoms with Gasteiger partial charge in [0.2, 0.25) is 5.91 Å². The van der Waals surface area contributed by atoms with E-state index in [-0.39, 0.29) is 29.8 Å². The van der Waals surface area contributed by atoms with Gasteiger partial charge in [-0.25, -0.2) is 14.8 Å². The third-order valence-electron chi connectivity index (χ3n) is 11.2. The third-order valence-corrected chi connectivity index (χ3v) is 11.2. The van der Waals surface area contributed by atoms with E-state index in [1.807, 2.05) is 127 Å². The number of nitrogens with one attached hydrogen (secondary N) is 3. The highest BCUT2D eigenvalue weighted by atomic mass is 16.6. The minimum Gasteiger partial charge on any atom is -0.444 e. The summed E-state index contributed by atoms with van der Waals surface area (Å²) in [6, 6.07) is 33.6. The number of likely N-dealkylation sites (tertiary alicyclic amines) is 2. The number of benzene rings is 4. The molecule has 2 fully saturated rings. The number of hydrogen-bond acceptors (Lipinski definition) is 7. The van der Waals surface area contributed by atoms with E-state index < -0.39 is 17.7 Å². The highest BCUT2D eigenvalue weighted by molar-refractivity contribution is 5.87. The molecule has 12 nitrogen and oxygen atoms in total. The number of carbonyl (C=O) groups is 3. The first kappa shape index (κ1) is 40.8. The van der Waals surface area contributed by atoms with E-state index >= 15 is 0 Å². The maximum absolute atomic E-state index is 14.1. The van der Waals surface area contributed by atoms with Gasteiger partial charge in [-0.3, -0.25) is 14.7 Å². The van der Waals surface area contributed by atoms with Gasteiger partial charge < -0.3 is 24.8 Å². The zero-order valence-corrected chi connectivity index (χ0v) is 34.9. The van der Waals surface area contributed by atoms with E-state index in [1.165, 1.54) is 0 Å². The summed E-state index contributed by atoms with van der Waals surface area (Å²) < 4.78 is 5.50. The van der Waals surface area contributed by atoms with Crippen LogP contribution in [-0.4, -0.2) is 71.5 Å². The summed E-state index contributed by atoms with van der Waals surface area (Å²) in [7, 11) is 0. The van der Waals surface area contributed by atoms with Crippen molar-refractivity contribution in [3.63, 3.8) is 0 Å². The molecule has 2 aliphatic rings. The Morgan fingerprint density at radius 1 is 0.738 bits per heavy atom. The van der Waals surface area contributed by atoms with Crippen molar-refractivity contribution in [1.29, 1.82) is 0 Å². The standard InChI is InChI=1S/C49H50N8O4/c1-32(35-13-7-5-8-14-35)46(58)56-29-11-17-40(56)44-50-31-39(51-44)36-25-21-33(22-26-36)19-20-34-23-27-38(28-24-34)43-53-45(55-54-43)41-18-12-30-57(41)47(59)42(37-15-9-6-10-16-37)52-48(60)61-49(2,3)4/h5-10,13-16,21-28,31-32,40-42H,11-12,17-18,29-30H2,1-4H3,(H,50,51)(H,52,60)(H,53,54,55)/t32-,40+,41+,42-/m1/s1. The smallest absolute Gasteiger partial charge is 0.408 e. The number of imidazole rings is 1. The molecule has 0 radical (unpaired) electrons. The Bertz CT molecular complexity index is 2530. The van der Waals surface area contributed by atoms with E-state index in [0.29, 0.717) is 30.2 Å². The Labute approximate surface area is 356 Å². The number of carbonyl (C=O) groups excluding carboxylic acids is 3. The lowest BCUT2D eigenvalue weighted by molar-refractivity contribution is -0.135. The first-order chi connectivity index (χ1) is 29.5. The summed E-state index contributed by atoms with van der Waals surface area (Å²) in [6.07, 6.45) is 4.51. The average molecular weight is 815 g/mol. The summed E-state index contributed by atoms with van der Waals surface area (Å²) in [5.41, 5.74) is 5.41. The average Bonchev–Trinajstić information content (AvgIpc) is 4.12. The van der Waals surface area contributed by atoms with Crippen molar-refractivity contribution in [3.8, 4) is 34.5 Å². The van der Waals surface area contributed by atoms with Gasteiger partial charge in [0.15, 0.2) is 5.82 Å². The molecule has 3 amide bonds. The van der Waals surface area contributed by atoms with Crippen molar-refractivity contribution in [2.24, 2.45) is 0 Å². The van der Waals surface area contributed by atoms with E-state index in [1.54, 1.807) is 25.7 Å². The van der Waals surface area contributed by atoms with Crippen LogP contribution in [0, 0.1) is 11.8 Å². The summed E-state index contributed by atoms with van der Waals surface area (Å²) in [6.45, 7) is 8.58. The van der Waals surface area contributed by atoms with Crippen LogP contribution >= 0.6 is 0 Å². The van der Waals surface area contributed by atoms with Gasteiger partial charge in [-0.1, -0.05) is 84.6 Å². The predicted octanol–water partition coefficient (Wildman–Crippen LogP) is 8.66. The molecule has 6 aromatic rings. The van der Waals surface area contributed by atoms with E-state index in [4.69, 9.17) is 14.7 Å². The molecule has 4 heterocycles. The number of amides is 3. The number of H-pyrrole nitrogens is 2. The van der Waals surface area contributed by atoms with Gasteiger partial charge in [-0.05, 0) is 106 Å². The van der Waals surface area contributed by atoms with Gasteiger partial charge in [0.05, 0.1) is 29.9 Å². The molecule has 0 bridgehead atoms. The number of ether oxygens (including phenoxy) is 1. The Morgan fingerprint density at radius 3 is 1.90 bits per heavy atom. The minimum absolute atomic E-state index is 0.0716. The van der Waals surface area contributed by atoms with Crippen LogP contribution in [0.25, 0.3) is 22.6 Å². The molecule has 0 spiro atoms. The Kier molecular flexibility index (Phi) is 11.8. The van der Waals surface area contributed by atoms with Crippen molar-refractivity contribution in [2.75, 3.05) is 13.1 Å². The van der Waals surface area contributed by atoms with Crippen LogP contribution in [0.2, 0.25) is 0 Å². The molecule has 61 heavy (non-hydrogen) atoms. The Morgan fingerprint density at radius 2 is 1.30 bits per heavy atom. The second-order valence-electron chi connectivity index (χ2n) is 16.6. The maximum Gasteiger partial charge on any atom is 0.408 e. The van der Waals surface area contributed by atoms with E-state index in [0.717, 1.165) is 65.1 Å². The first-order valence-corrected chi connectivity index (χ1v) is 20.9. The lowest BCUT2D eigenvalue weighted by Crippen LogP contribution is -2.44. The maximum atomic E-state index is 14.1. The predicted molar refractivity (Wildman–Crippen MR) is 233 cm³/mol. The van der Waals surface area contributed by atoms with Crippen molar-refractivity contribution in [3.05, 3.63) is 149 Å². The fraction of sp³-hybridized carbons (Fsp3) is 0.306. The number of rotatable bonds is 9. The normalized spacial score (nSPS) is 17.3. The quantitative estimate of drug-likeness (QED) is 0.124. The van der Waals surface area contributed by atoms with Gasteiger partial charge in [-0.2, -0.15) is 5.10 Å². The highest BCUT2D eigenvalue weighted by Crippen LogP contribution is 2.35. The number of hydrogen-bond donors (Lipinski definition) is 3. The van der Waals surface area contributed by atoms with Crippen LogP contribution in [0.5, 0.6) is 0 Å². The van der Waals surface area contributed by atoms with Crippen molar-refractivity contribution < 1.29 is 19.1 Å². The molecule has 3 N–H and O–H groups in total. The summed E-state index contributed by atoms with van der Waals surface area (Å²) in [5, 5.41) is 10.4. The fourth-order valence-electron chi connectivity index (χ4n) is 8.07. The summed E-state index contributed by atoms with van der Waals surface area (Å²) in [4.78, 5) is 57.2. The highest BCUT2D eigenvalue weighted by Gasteiger charge is 2.38. The first-order valence-electron chi connectivity index (χ1n) is 20.9. The van der Waals surface area contributed by atoms with Gasteiger partial charge in [0, 0.05) is 29.8 Å². The van der Waals surface area contributed by atoms with Crippen LogP contribution in [0.1, 0.15) is 111 Å². The van der Waals surface area contributed by atoms with Crippen molar-refractivity contribution in [2.45, 2.75) is 83.0 Å². The monoisotopic (exact) mass is 814 g/mol. The second kappa shape index (κ2) is 17.7. The molecule has 0 saturated carbocycles. The Balaban J connectivity index is 0.896. The molecule has 4 aromatic carbocycles. The largest absolute Gasteiger partial charge is 0.444 e. The molecule has 2 aromatic heterocycles. The molecular weight excluding hydrogens is 765 g/mol. The minimum atomic E-state index is -0.919. The summed E-state index contributed by atoms with van der Waals surface area (Å²) in [5.74, 6) is 8.12. The molecule has 0 aliphatic carbocycles. The molecule has 2 saturated heterocycles. The lowest BCUT2D eigenvalue weighted by atomic mass is 9.99. The van der Waals surface area contributed by atoms with Gasteiger partial charge >= 0.3 is 6.09 Å². The molecular formula is C49H50N8O4. The van der Waals surface area contributed by atoms with Gasteiger partial charge in [-0.15, -0.1) is 0 Å². The summed E-state index contributed by atoms with van der Waals surface area (Å²) >= 11 is 0. The molecule has 4 atom stereocenters. The molecule has 8 rings (SSSR count). The van der Waals surface area contributed by atoms with Crippen LogP contribution in [0.4, 0.5) is 4.79 Å². The number of alkyl carbamates (subject to hydrolysis) is 1. The molecule has 310 valence electrons. The number of aromatic nitrogens is 5. The van der Waals surface area contributed by atoms with Crippen molar-refractivity contribution in [1.82, 2.24) is 40.3 Å². The van der Waals surface area contributed by atoms with Crippen LogP contribution < -0.4 is 5.32 Å². The van der Waals surface area contributed by atoms with Crippen LogP contribution in [0.3, 0.4) is 0 Å². The van der Waals surface area contributed by atoms with Crippen molar-refractivity contribution >= 4 is 17.9 Å². The second-order valence-corrected chi connectivity index (χ2v) is 16.6. The molecule has 0 unspecified atom stereocenters. The SMILES string of the molecule is C[C@@H](C(=O)N1CCC[C@H]1c1ncc(-c2ccc(C#Cc3ccc(-c4n[nH]c([C@@H]5CCCN5C(=O)[C@H](NC(=O)OC(C)(C)C)c5ccccc5)n4)cc3)cc2)[nH]1)c1ccccc1. The van der Waals surface area contributed by atoms with Crippen LogP contribution in [0.15, 0.2) is 115 Å². The van der Waals surface area contributed by atoms with Gasteiger partial charge in [0.25, 0.3) is 5.91 Å². The zero-order valence-electron chi connectivity index (χ0n) is 34.9. The van der Waals surface area contributed by atoms with E-state index in [2.05, 4.69) is 32.3 Å². The molecule has 12 heteroatoms. The van der Waals surface area contributed by atoms with E-state index in [9.17, 15) is 14.4 Å². The van der Waals surface area contributed by atoms with Crippen LogP contribution in [-0.2, 0) is 14.3 Å². The third kappa shape index (κ3) is 9.42. The number of aromatic amines is 2.